The van der Waals surface area contributed by atoms with Crippen LogP contribution < -0.4 is 0 Å². The molecule has 67 heavy (non-hydrogen) atoms. The van der Waals surface area contributed by atoms with Gasteiger partial charge in [0.25, 0.3) is 0 Å². The summed E-state index contributed by atoms with van der Waals surface area (Å²) in [5, 5.41) is 154. The normalized spacial score (nSPS) is 18.8. The number of hydrogen-bond donors (Lipinski definition) is 15. The highest BCUT2D eigenvalue weighted by atomic mass is 16.7. The minimum absolute atomic E-state index is 0.410. The van der Waals surface area contributed by atoms with Gasteiger partial charge in [-0.2, -0.15) is 0 Å². The van der Waals surface area contributed by atoms with Gasteiger partial charge in [-0.3, -0.25) is 0 Å². The van der Waals surface area contributed by atoms with Gasteiger partial charge in [-0.05, 0) is 48.5 Å². The minimum atomic E-state index is -2.54. The van der Waals surface area contributed by atoms with Gasteiger partial charge in [-0.1, -0.05) is 0 Å². The first-order valence-corrected chi connectivity index (χ1v) is 18.5. The highest BCUT2D eigenvalue weighted by molar-refractivity contribution is 6.08. The summed E-state index contributed by atoms with van der Waals surface area (Å²) in [6.07, 6.45) is -12.1. The third kappa shape index (κ3) is 8.12. The van der Waals surface area contributed by atoms with Gasteiger partial charge in [0.05, 0.1) is 27.8 Å². The maximum atomic E-state index is 14.4. The average molecular weight is 939 g/mol. The summed E-state index contributed by atoms with van der Waals surface area (Å²) in [5.41, 5.74) is -6.56. The largest absolute Gasteiger partial charge is 0.504 e. The summed E-state index contributed by atoms with van der Waals surface area (Å²) in [5.74, 6) is -26.1. The van der Waals surface area contributed by atoms with Crippen molar-refractivity contribution in [1.82, 2.24) is 0 Å². The Labute approximate surface area is 369 Å². The number of ether oxygens (including phenoxy) is 6. The van der Waals surface area contributed by atoms with Crippen molar-refractivity contribution in [3.63, 3.8) is 0 Å². The molecule has 5 atom stereocenters. The predicted molar refractivity (Wildman–Crippen MR) is 208 cm³/mol. The topological polar surface area (TPSA) is 444 Å². The first-order valence-electron chi connectivity index (χ1n) is 18.5. The van der Waals surface area contributed by atoms with Gasteiger partial charge in [-0.25, -0.2) is 24.0 Å². The van der Waals surface area contributed by atoms with E-state index in [1.54, 1.807) is 0 Å². The average Bonchev–Trinajstić information content (AvgIpc) is 3.27. The van der Waals surface area contributed by atoms with Crippen molar-refractivity contribution < 1.29 is 129 Å². The predicted octanol–water partition coefficient (Wildman–Crippen LogP) is 1.67. The van der Waals surface area contributed by atoms with Gasteiger partial charge in [0.2, 0.25) is 23.9 Å². The minimum Gasteiger partial charge on any atom is -0.504 e. The highest BCUT2D eigenvalue weighted by Crippen LogP contribution is 2.53. The first kappa shape index (κ1) is 45.4. The van der Waals surface area contributed by atoms with E-state index in [0.717, 1.165) is 0 Å². The fraction of sp³-hybridized carbons (Fsp3) is 0.146. The molecule has 26 heteroatoms. The lowest BCUT2D eigenvalue weighted by molar-refractivity contribution is -0.282. The number of hydrogen-bond acceptors (Lipinski definition) is 26. The molecule has 0 amide bonds. The molecule has 1 saturated heterocycles. The Hall–Kier alpha value is -9.59. The van der Waals surface area contributed by atoms with Gasteiger partial charge in [0, 0.05) is 11.1 Å². The molecule has 0 saturated carbocycles. The lowest BCUT2D eigenvalue weighted by Gasteiger charge is -2.44. The van der Waals surface area contributed by atoms with Crippen molar-refractivity contribution in [2.24, 2.45) is 0 Å². The lowest BCUT2D eigenvalue weighted by atomic mass is 9.91. The molecule has 7 rings (SSSR count). The Bertz CT molecular complexity index is 2870. The molecule has 0 unspecified atom stereocenters. The van der Waals surface area contributed by atoms with Crippen LogP contribution in [0.1, 0.15) is 51.8 Å². The zero-order valence-electron chi connectivity index (χ0n) is 32.9. The molecule has 0 aromatic heterocycles. The van der Waals surface area contributed by atoms with Gasteiger partial charge in [0.1, 0.15) is 12.7 Å². The summed E-state index contributed by atoms with van der Waals surface area (Å²) in [6.45, 7) is -1.25. The van der Waals surface area contributed by atoms with Crippen LogP contribution in [-0.4, -0.2) is 144 Å². The van der Waals surface area contributed by atoms with Gasteiger partial charge in [-0.15, -0.1) is 0 Å². The van der Waals surface area contributed by atoms with E-state index >= 15 is 0 Å². The van der Waals surface area contributed by atoms with Crippen molar-refractivity contribution in [3.8, 4) is 97.4 Å². The molecule has 2 aliphatic rings. The molecular weight excluding hydrogens is 908 g/mol. The van der Waals surface area contributed by atoms with Crippen molar-refractivity contribution in [2.45, 2.75) is 30.7 Å². The molecule has 0 bridgehead atoms. The molecule has 0 radical (unpaired) electrons. The third-order valence-corrected chi connectivity index (χ3v) is 10.0. The first-order chi connectivity index (χ1) is 31.5. The van der Waals surface area contributed by atoms with Gasteiger partial charge < -0.3 is 105 Å². The van der Waals surface area contributed by atoms with Gasteiger partial charge >= 0.3 is 29.8 Å². The van der Waals surface area contributed by atoms with Crippen molar-refractivity contribution in [1.29, 1.82) is 0 Å². The molecule has 15 N–H and O–H groups in total. The second-order valence-electron chi connectivity index (χ2n) is 14.3. The summed E-state index contributed by atoms with van der Waals surface area (Å²) < 4.78 is 33.4. The number of fused-ring (bicyclic) bond motifs is 4. The van der Waals surface area contributed by atoms with Crippen LogP contribution in [0.25, 0.3) is 11.1 Å². The third-order valence-electron chi connectivity index (χ3n) is 10.0. The monoisotopic (exact) mass is 938 g/mol. The van der Waals surface area contributed by atoms with E-state index in [4.69, 9.17) is 28.4 Å². The van der Waals surface area contributed by atoms with Crippen LogP contribution in [0.2, 0.25) is 0 Å². The van der Waals surface area contributed by atoms with E-state index in [-0.39, 0.29) is 0 Å². The fourth-order valence-electron chi connectivity index (χ4n) is 6.77. The zero-order valence-corrected chi connectivity index (χ0v) is 32.9. The van der Waals surface area contributed by atoms with Crippen LogP contribution in [0.15, 0.2) is 48.5 Å². The Morgan fingerprint density at radius 1 is 0.433 bits per heavy atom. The maximum Gasteiger partial charge on any atom is 0.340 e. The molecule has 2 heterocycles. The number of phenolic OH excluding ortho intramolecular Hbond substituents is 15. The number of benzene rings is 5. The van der Waals surface area contributed by atoms with E-state index in [2.05, 4.69) is 0 Å². The zero-order chi connectivity index (χ0) is 49.1. The Balaban J connectivity index is 1.42. The van der Waals surface area contributed by atoms with Crippen molar-refractivity contribution in [2.75, 3.05) is 6.61 Å². The summed E-state index contributed by atoms with van der Waals surface area (Å²) >= 11 is 0. The Kier molecular flexibility index (Phi) is 11.4. The molecule has 26 nitrogen and oxygen atoms in total. The van der Waals surface area contributed by atoms with Crippen LogP contribution in [0.5, 0.6) is 86.2 Å². The van der Waals surface area contributed by atoms with E-state index in [1.165, 1.54) is 0 Å². The molecule has 0 aliphatic carbocycles. The lowest BCUT2D eigenvalue weighted by Crippen LogP contribution is -2.63. The van der Waals surface area contributed by atoms with E-state index in [1.807, 2.05) is 0 Å². The quantitative estimate of drug-likeness (QED) is 0.0627. The van der Waals surface area contributed by atoms with E-state index in [9.17, 15) is 101 Å². The number of esters is 5. The van der Waals surface area contributed by atoms with Crippen molar-refractivity contribution >= 4 is 29.8 Å². The molecule has 2 aliphatic heterocycles. The summed E-state index contributed by atoms with van der Waals surface area (Å²) in [7, 11) is 0. The number of carbonyl (C=O) groups is 5. The van der Waals surface area contributed by atoms with Crippen LogP contribution in [-0.2, 0) is 28.4 Å². The Morgan fingerprint density at radius 3 is 1.18 bits per heavy atom. The second-order valence-corrected chi connectivity index (χ2v) is 14.3. The number of rotatable bonds is 7. The van der Waals surface area contributed by atoms with E-state index < -0.39 is 192 Å². The molecular formula is C41H30O26. The van der Waals surface area contributed by atoms with Crippen LogP contribution in [0, 0.1) is 0 Å². The van der Waals surface area contributed by atoms with Crippen molar-refractivity contribution in [3.05, 3.63) is 76.3 Å². The number of carbonyl (C=O) groups excluding carboxylic acids is 5. The molecule has 5 aromatic carbocycles. The molecule has 1 fully saturated rings. The summed E-state index contributed by atoms with van der Waals surface area (Å²) in [6, 6.07) is 4.31. The van der Waals surface area contributed by atoms with Crippen LogP contribution in [0.3, 0.4) is 0 Å². The van der Waals surface area contributed by atoms with Crippen LogP contribution in [0.4, 0.5) is 0 Å². The SMILES string of the molecule is O=C(OC[C@H]1O[C@@H](OC(=O)c2cc(O)c(O)c(O)c2)[C@@H]2OC(=O)c3cc(O)c(O)c(O)c3-c3c(cc(O)c(O)c3O)C(=O)O[C@H]2[C@@H]1OC(=O)c1cc(O)c(O)c(O)c1)c1cc(O)c(O)c(O)c1. The summed E-state index contributed by atoms with van der Waals surface area (Å²) in [4.78, 5) is 69.5. The maximum absolute atomic E-state index is 14.4. The fourth-order valence-corrected chi connectivity index (χ4v) is 6.77. The second kappa shape index (κ2) is 16.8. The smallest absolute Gasteiger partial charge is 0.340 e. The number of aromatic hydroxyl groups is 15. The number of phenols is 15. The molecule has 0 spiro atoms. The molecule has 350 valence electrons. The van der Waals surface area contributed by atoms with E-state index in [0.29, 0.717) is 48.5 Å². The highest BCUT2D eigenvalue weighted by Gasteiger charge is 2.55. The Morgan fingerprint density at radius 2 is 0.776 bits per heavy atom. The molecule has 5 aromatic rings. The van der Waals surface area contributed by atoms with Gasteiger partial charge in [0.15, 0.2) is 87.0 Å². The van der Waals surface area contributed by atoms with Crippen LogP contribution >= 0.6 is 0 Å². The standard InChI is InChI=1S/C41H30O26/c42-15-1-10(2-16(43)26(15)50)36(57)62-9-23-33(64-37(58)11-3-17(44)27(51)18(45)4-11)34-35(41(63-23)67-38(59)12-5-19(46)28(52)20(47)6-12)66-40(61)14-8-22(49)30(54)32(56)25(14)24-13(39(60)65-34)7-21(48)29(53)31(24)55/h1-8,23,33-35,41-56H,9H2/t23-,33-,34+,35-,41+/m1/s1.